The zero-order valence-electron chi connectivity index (χ0n) is 11.7. The number of H-pyrrole nitrogens is 1. The predicted octanol–water partition coefficient (Wildman–Crippen LogP) is 1.44. The average molecular weight is 288 g/mol. The predicted molar refractivity (Wildman–Crippen MR) is 75.9 cm³/mol. The SMILES string of the molecule is C[C@H](NC(=O)C1Cc2nc[nH]c2CN1)c1cccc(F)c1. The van der Waals surface area contributed by atoms with Crippen molar-refractivity contribution in [1.82, 2.24) is 20.6 Å². The monoisotopic (exact) mass is 288 g/mol. The summed E-state index contributed by atoms with van der Waals surface area (Å²) in [6.07, 6.45) is 2.20. The van der Waals surface area contributed by atoms with Crippen LogP contribution < -0.4 is 10.6 Å². The highest BCUT2D eigenvalue weighted by molar-refractivity contribution is 5.82. The largest absolute Gasteiger partial charge is 0.348 e. The van der Waals surface area contributed by atoms with Gasteiger partial charge < -0.3 is 10.3 Å². The molecule has 3 rings (SSSR count). The third kappa shape index (κ3) is 2.95. The average Bonchev–Trinajstić information content (AvgIpc) is 2.94. The molecule has 0 bridgehead atoms. The highest BCUT2D eigenvalue weighted by Crippen LogP contribution is 2.16. The van der Waals surface area contributed by atoms with Crippen molar-refractivity contribution in [3.63, 3.8) is 0 Å². The van der Waals surface area contributed by atoms with Crippen LogP contribution >= 0.6 is 0 Å². The van der Waals surface area contributed by atoms with Crippen molar-refractivity contribution < 1.29 is 9.18 Å². The number of aromatic nitrogens is 2. The van der Waals surface area contributed by atoms with Gasteiger partial charge in [-0.05, 0) is 24.6 Å². The Morgan fingerprint density at radius 1 is 1.52 bits per heavy atom. The summed E-state index contributed by atoms with van der Waals surface area (Å²) >= 11 is 0. The van der Waals surface area contributed by atoms with E-state index in [-0.39, 0.29) is 23.8 Å². The first-order chi connectivity index (χ1) is 10.1. The molecule has 0 saturated heterocycles. The first-order valence-electron chi connectivity index (χ1n) is 6.94. The lowest BCUT2D eigenvalue weighted by atomic mass is 10.0. The number of halogens is 1. The van der Waals surface area contributed by atoms with E-state index in [9.17, 15) is 9.18 Å². The van der Waals surface area contributed by atoms with Gasteiger partial charge in [-0.15, -0.1) is 0 Å². The number of carbonyl (C=O) groups is 1. The van der Waals surface area contributed by atoms with Crippen LogP contribution in [-0.2, 0) is 17.8 Å². The van der Waals surface area contributed by atoms with Crippen molar-refractivity contribution >= 4 is 5.91 Å². The number of benzene rings is 1. The standard InChI is InChI=1S/C15H17FN4O/c1-9(10-3-2-4-11(16)5-10)20-15(21)13-6-12-14(7-17-13)19-8-18-12/h2-5,8-9,13,17H,6-7H2,1H3,(H,18,19)(H,20,21)/t9-,13?/m0/s1. The van der Waals surface area contributed by atoms with Crippen LogP contribution in [0.4, 0.5) is 4.39 Å². The number of nitrogens with zero attached hydrogens (tertiary/aromatic N) is 1. The molecule has 1 unspecified atom stereocenters. The van der Waals surface area contributed by atoms with Crippen LogP contribution in [0.1, 0.15) is 29.9 Å². The van der Waals surface area contributed by atoms with Gasteiger partial charge in [-0.3, -0.25) is 10.1 Å². The third-order valence-corrected chi connectivity index (χ3v) is 3.75. The highest BCUT2D eigenvalue weighted by atomic mass is 19.1. The highest BCUT2D eigenvalue weighted by Gasteiger charge is 2.26. The molecule has 5 nitrogen and oxygen atoms in total. The molecule has 0 fully saturated rings. The van der Waals surface area contributed by atoms with E-state index in [1.165, 1.54) is 12.1 Å². The second kappa shape index (κ2) is 5.65. The van der Waals surface area contributed by atoms with Gasteiger partial charge in [0.15, 0.2) is 0 Å². The summed E-state index contributed by atoms with van der Waals surface area (Å²) in [5.74, 6) is -0.397. The molecule has 21 heavy (non-hydrogen) atoms. The number of rotatable bonds is 3. The molecule has 0 radical (unpaired) electrons. The Labute approximate surface area is 122 Å². The third-order valence-electron chi connectivity index (χ3n) is 3.75. The first-order valence-corrected chi connectivity index (χ1v) is 6.94. The maximum atomic E-state index is 13.2. The Morgan fingerprint density at radius 3 is 3.19 bits per heavy atom. The van der Waals surface area contributed by atoms with Crippen LogP contribution in [0.25, 0.3) is 0 Å². The van der Waals surface area contributed by atoms with Gasteiger partial charge in [0, 0.05) is 13.0 Å². The summed E-state index contributed by atoms with van der Waals surface area (Å²) in [5.41, 5.74) is 2.70. The Bertz CT molecular complexity index is 655. The summed E-state index contributed by atoms with van der Waals surface area (Å²) in [5, 5.41) is 6.08. The quantitative estimate of drug-likeness (QED) is 0.800. The molecule has 2 heterocycles. The minimum absolute atomic E-state index is 0.0968. The van der Waals surface area contributed by atoms with Gasteiger partial charge in [0.2, 0.25) is 5.91 Å². The molecule has 1 amide bonds. The van der Waals surface area contributed by atoms with Crippen molar-refractivity contribution in [3.05, 3.63) is 53.4 Å². The van der Waals surface area contributed by atoms with Gasteiger partial charge >= 0.3 is 0 Å². The molecule has 1 aromatic heterocycles. The van der Waals surface area contributed by atoms with Crippen molar-refractivity contribution in [2.24, 2.45) is 0 Å². The fraction of sp³-hybridized carbons (Fsp3) is 0.333. The van der Waals surface area contributed by atoms with Crippen molar-refractivity contribution in [2.45, 2.75) is 32.0 Å². The second-order valence-corrected chi connectivity index (χ2v) is 5.25. The molecule has 0 spiro atoms. The van der Waals surface area contributed by atoms with E-state index in [1.54, 1.807) is 18.5 Å². The zero-order valence-corrected chi connectivity index (χ0v) is 11.7. The van der Waals surface area contributed by atoms with Crippen LogP contribution in [0.2, 0.25) is 0 Å². The zero-order chi connectivity index (χ0) is 14.8. The second-order valence-electron chi connectivity index (χ2n) is 5.25. The van der Waals surface area contributed by atoms with Gasteiger partial charge in [0.1, 0.15) is 5.82 Å². The first kappa shape index (κ1) is 13.8. The van der Waals surface area contributed by atoms with Gasteiger partial charge in [-0.2, -0.15) is 0 Å². The number of fused-ring (bicyclic) bond motifs is 1. The number of imidazole rings is 1. The van der Waals surface area contributed by atoms with E-state index in [4.69, 9.17) is 0 Å². The fourth-order valence-electron chi connectivity index (χ4n) is 2.53. The fourth-order valence-corrected chi connectivity index (χ4v) is 2.53. The van der Waals surface area contributed by atoms with Crippen LogP contribution in [-0.4, -0.2) is 21.9 Å². The minimum Gasteiger partial charge on any atom is -0.348 e. The molecule has 1 aromatic carbocycles. The molecule has 6 heteroatoms. The maximum Gasteiger partial charge on any atom is 0.238 e. The topological polar surface area (TPSA) is 69.8 Å². The van der Waals surface area contributed by atoms with Gasteiger partial charge in [0.05, 0.1) is 29.8 Å². The summed E-state index contributed by atoms with van der Waals surface area (Å²) in [4.78, 5) is 19.5. The summed E-state index contributed by atoms with van der Waals surface area (Å²) in [7, 11) is 0. The molecule has 1 aliphatic rings. The molecule has 2 atom stereocenters. The Hall–Kier alpha value is -2.21. The molecule has 3 N–H and O–H groups in total. The molecule has 0 saturated carbocycles. The Kier molecular flexibility index (Phi) is 3.70. The Morgan fingerprint density at radius 2 is 2.38 bits per heavy atom. The van der Waals surface area contributed by atoms with Crippen molar-refractivity contribution in [1.29, 1.82) is 0 Å². The van der Waals surface area contributed by atoms with Crippen LogP contribution in [0, 0.1) is 5.82 Å². The lowest BCUT2D eigenvalue weighted by Crippen LogP contribution is -2.48. The molecule has 1 aliphatic heterocycles. The maximum absolute atomic E-state index is 13.2. The molecule has 0 aliphatic carbocycles. The number of aromatic amines is 1. The summed E-state index contributed by atoms with van der Waals surface area (Å²) in [6, 6.07) is 5.72. The van der Waals surface area contributed by atoms with Crippen molar-refractivity contribution in [3.8, 4) is 0 Å². The van der Waals surface area contributed by atoms with Crippen LogP contribution in [0.3, 0.4) is 0 Å². The number of carbonyl (C=O) groups excluding carboxylic acids is 1. The summed E-state index contributed by atoms with van der Waals surface area (Å²) in [6.45, 7) is 2.44. The lowest BCUT2D eigenvalue weighted by molar-refractivity contribution is -0.124. The van der Waals surface area contributed by atoms with E-state index < -0.39 is 0 Å². The van der Waals surface area contributed by atoms with E-state index in [2.05, 4.69) is 20.6 Å². The van der Waals surface area contributed by atoms with E-state index in [1.807, 2.05) is 6.92 Å². The van der Waals surface area contributed by atoms with E-state index in [0.717, 1.165) is 17.0 Å². The number of hydrogen-bond acceptors (Lipinski definition) is 3. The lowest BCUT2D eigenvalue weighted by Gasteiger charge is -2.24. The van der Waals surface area contributed by atoms with Gasteiger partial charge in [-0.25, -0.2) is 9.37 Å². The molecular weight excluding hydrogens is 271 g/mol. The van der Waals surface area contributed by atoms with E-state index >= 15 is 0 Å². The number of hydrogen-bond donors (Lipinski definition) is 3. The van der Waals surface area contributed by atoms with Crippen LogP contribution in [0.5, 0.6) is 0 Å². The molecule has 110 valence electrons. The summed E-state index contributed by atoms with van der Waals surface area (Å²) < 4.78 is 13.2. The normalized spacial score (nSPS) is 18.9. The van der Waals surface area contributed by atoms with Gasteiger partial charge in [0.25, 0.3) is 0 Å². The minimum atomic E-state index is -0.309. The molecule has 2 aromatic rings. The van der Waals surface area contributed by atoms with Crippen molar-refractivity contribution in [2.75, 3.05) is 0 Å². The van der Waals surface area contributed by atoms with Gasteiger partial charge in [-0.1, -0.05) is 12.1 Å². The number of nitrogens with one attached hydrogen (secondary N) is 3. The Balaban J connectivity index is 1.64. The van der Waals surface area contributed by atoms with Crippen LogP contribution in [0.15, 0.2) is 30.6 Å². The number of amides is 1. The van der Waals surface area contributed by atoms with E-state index in [0.29, 0.717) is 13.0 Å². The molecular formula is C15H17FN4O. The smallest absolute Gasteiger partial charge is 0.238 e.